The molecule has 5 heterocycles. The molecule has 2 N–H and O–H groups in total. The van der Waals surface area contributed by atoms with E-state index < -0.39 is 0 Å². The Hall–Kier alpha value is -1.97. The van der Waals surface area contributed by atoms with E-state index in [4.69, 9.17) is 0 Å². The van der Waals surface area contributed by atoms with Crippen LogP contribution in [0.4, 0.5) is 0 Å². The average molecular weight is 579 g/mol. The molecule has 8 bridgehead atoms. The van der Waals surface area contributed by atoms with E-state index in [1.54, 1.807) is 0 Å². The van der Waals surface area contributed by atoms with Gasteiger partial charge in [0.2, 0.25) is 0 Å². The van der Waals surface area contributed by atoms with Crippen LogP contribution in [0, 0.1) is 0 Å². The van der Waals surface area contributed by atoms with Gasteiger partial charge in [-0.3, -0.25) is 0 Å². The van der Waals surface area contributed by atoms with E-state index in [2.05, 4.69) is 44.2 Å². The molecule has 0 aliphatic carbocycles. The average Bonchev–Trinajstić information content (AvgIpc) is 3.32. The Morgan fingerprint density at radius 3 is 1.04 bits per heavy atom. The molecule has 0 amide bonds. The molecule has 2 aliphatic heterocycles. The first-order valence-electron chi connectivity index (χ1n) is 7.85. The molecule has 2 aliphatic rings. The number of hydrogen-bond acceptors (Lipinski definition) is 2. The molecule has 26 heavy (non-hydrogen) atoms. The molecule has 3 aromatic heterocycles. The van der Waals surface area contributed by atoms with Crippen molar-refractivity contribution in [3.63, 3.8) is 0 Å². The number of nitrogens with one attached hydrogen (secondary N) is 2. The molecule has 0 atom stereocenters. The number of aromatic amines is 2. The fraction of sp³-hybridized carbons (Fsp3) is 0. The Morgan fingerprint density at radius 1 is 0.500 bits per heavy atom. The molecule has 0 fully saturated rings. The summed E-state index contributed by atoms with van der Waals surface area (Å²) in [6.45, 7) is 0. The molecule has 3 aromatic rings. The van der Waals surface area contributed by atoms with Gasteiger partial charge >= 0.3 is 27.3 Å². The fourth-order valence-corrected chi connectivity index (χ4v) is 2.94. The van der Waals surface area contributed by atoms with Crippen molar-refractivity contribution in [3.8, 4) is 0 Å². The molecular formula is C20H16CoN4Pb. The van der Waals surface area contributed by atoms with Gasteiger partial charge in [0.1, 0.15) is 0 Å². The Kier molecular flexibility index (Phi) is 5.59. The van der Waals surface area contributed by atoms with Crippen molar-refractivity contribution in [2.45, 2.75) is 0 Å². The van der Waals surface area contributed by atoms with Crippen LogP contribution in [0.25, 0.3) is 46.4 Å². The summed E-state index contributed by atoms with van der Waals surface area (Å²) in [5, 5.41) is 0. The Balaban J connectivity index is 0.000000980. The summed E-state index contributed by atoms with van der Waals surface area (Å²) >= 11 is 0. The predicted octanol–water partition coefficient (Wildman–Crippen LogP) is 3.74. The van der Waals surface area contributed by atoms with Crippen LogP contribution in [-0.2, 0) is 16.8 Å². The third-order valence-corrected chi connectivity index (χ3v) is 4.04. The fourth-order valence-electron chi connectivity index (χ4n) is 2.94. The van der Waals surface area contributed by atoms with Crippen LogP contribution in [0.5, 0.6) is 0 Å². The van der Waals surface area contributed by atoms with Crippen molar-refractivity contribution in [2.75, 3.05) is 0 Å². The van der Waals surface area contributed by atoms with E-state index >= 15 is 0 Å². The van der Waals surface area contributed by atoms with Gasteiger partial charge in [0, 0.05) is 38.8 Å². The van der Waals surface area contributed by atoms with E-state index in [-0.39, 0.29) is 44.1 Å². The summed E-state index contributed by atoms with van der Waals surface area (Å²) in [7, 11) is 0. The summed E-state index contributed by atoms with van der Waals surface area (Å²) < 4.78 is 0. The van der Waals surface area contributed by atoms with Gasteiger partial charge in [0.05, 0.1) is 22.8 Å². The Morgan fingerprint density at radius 2 is 0.769 bits per heavy atom. The summed E-state index contributed by atoms with van der Waals surface area (Å²) in [5.74, 6) is 0. The third-order valence-electron chi connectivity index (χ3n) is 4.04. The SMILES string of the molecule is C1=Cc2cc3ccc(cc4nc(cc5ccc(cc1n2)[nH]5)C=C4)[nH]3.[Co].[PbH2]. The summed E-state index contributed by atoms with van der Waals surface area (Å²) in [6.07, 6.45) is 8.09. The van der Waals surface area contributed by atoms with Gasteiger partial charge in [0.15, 0.2) is 0 Å². The molecule has 4 nitrogen and oxygen atoms in total. The van der Waals surface area contributed by atoms with Gasteiger partial charge < -0.3 is 9.97 Å². The molecule has 129 valence electrons. The zero-order valence-corrected chi connectivity index (χ0v) is 20.4. The van der Waals surface area contributed by atoms with Gasteiger partial charge in [-0.15, -0.1) is 0 Å². The number of fused-ring (bicyclic) bond motifs is 8. The monoisotopic (exact) mass is 579 g/mol. The van der Waals surface area contributed by atoms with Gasteiger partial charge in [-0.1, -0.05) is 0 Å². The molecular weight excluding hydrogens is 562 g/mol. The molecule has 0 saturated carbocycles. The summed E-state index contributed by atoms with van der Waals surface area (Å²) in [4.78, 5) is 16.0. The molecule has 0 saturated heterocycles. The number of aromatic nitrogens is 4. The van der Waals surface area contributed by atoms with Crippen LogP contribution in [0.2, 0.25) is 0 Å². The first-order chi connectivity index (χ1) is 11.8. The Bertz CT molecular complexity index is 996. The van der Waals surface area contributed by atoms with Crippen molar-refractivity contribution in [3.05, 3.63) is 71.3 Å². The Labute approximate surface area is 180 Å². The maximum absolute atomic E-state index is 4.63. The van der Waals surface area contributed by atoms with Crippen LogP contribution in [0.15, 0.2) is 48.5 Å². The quantitative estimate of drug-likeness (QED) is 0.275. The van der Waals surface area contributed by atoms with Crippen LogP contribution >= 0.6 is 0 Å². The molecule has 6 heteroatoms. The van der Waals surface area contributed by atoms with Crippen molar-refractivity contribution < 1.29 is 16.8 Å². The van der Waals surface area contributed by atoms with Crippen LogP contribution < -0.4 is 0 Å². The minimum absolute atomic E-state index is 0. The number of H-pyrrole nitrogens is 2. The van der Waals surface area contributed by atoms with Gasteiger partial charge in [-0.25, -0.2) is 9.97 Å². The van der Waals surface area contributed by atoms with Gasteiger partial charge in [-0.2, -0.15) is 0 Å². The van der Waals surface area contributed by atoms with E-state index in [1.165, 1.54) is 0 Å². The molecule has 3 radical (unpaired) electrons. The van der Waals surface area contributed by atoms with Crippen molar-refractivity contribution >= 4 is 73.7 Å². The normalized spacial score (nSPS) is 11.7. The van der Waals surface area contributed by atoms with Crippen molar-refractivity contribution in [1.82, 2.24) is 19.9 Å². The topological polar surface area (TPSA) is 57.4 Å². The number of rotatable bonds is 0. The van der Waals surface area contributed by atoms with Crippen LogP contribution in [0.3, 0.4) is 0 Å². The van der Waals surface area contributed by atoms with Crippen LogP contribution in [0.1, 0.15) is 22.8 Å². The van der Waals surface area contributed by atoms with E-state index in [9.17, 15) is 0 Å². The van der Waals surface area contributed by atoms with Crippen molar-refractivity contribution in [2.24, 2.45) is 0 Å². The second-order valence-corrected chi connectivity index (χ2v) is 5.91. The summed E-state index contributed by atoms with van der Waals surface area (Å²) in [6, 6.07) is 16.4. The second-order valence-electron chi connectivity index (χ2n) is 5.91. The van der Waals surface area contributed by atoms with E-state index in [0.717, 1.165) is 44.8 Å². The molecule has 5 rings (SSSR count). The summed E-state index contributed by atoms with van der Waals surface area (Å²) in [5.41, 5.74) is 7.86. The number of nitrogens with zero attached hydrogens (tertiary/aromatic N) is 2. The zero-order valence-electron chi connectivity index (χ0n) is 13.9. The molecule has 0 unspecified atom stereocenters. The number of hydrogen-bond donors (Lipinski definition) is 2. The van der Waals surface area contributed by atoms with E-state index in [1.807, 2.05) is 48.6 Å². The first kappa shape index (κ1) is 18.8. The first-order valence-corrected chi connectivity index (χ1v) is 7.85. The van der Waals surface area contributed by atoms with Gasteiger partial charge in [-0.05, 0) is 72.8 Å². The second kappa shape index (κ2) is 7.73. The predicted molar refractivity (Wildman–Crippen MR) is 107 cm³/mol. The standard InChI is InChI=1S/C20H14N4.Co.Pb.2H/c1-2-14-10-16-5-6-18(23-16)12-20-8-7-19(24-20)11-17-4-3-15(22-17)9-13(1)21-14;;;;/h1-12,21,24H;;;;. The maximum atomic E-state index is 4.63. The van der Waals surface area contributed by atoms with Crippen molar-refractivity contribution in [1.29, 1.82) is 0 Å². The molecule has 0 aromatic carbocycles. The van der Waals surface area contributed by atoms with Crippen LogP contribution in [-0.4, -0.2) is 47.2 Å². The third kappa shape index (κ3) is 3.89. The minimum atomic E-state index is 0. The molecule has 0 spiro atoms. The zero-order chi connectivity index (χ0) is 15.9. The van der Waals surface area contributed by atoms with E-state index in [0.29, 0.717) is 0 Å². The van der Waals surface area contributed by atoms with Gasteiger partial charge in [0.25, 0.3) is 0 Å².